The lowest BCUT2D eigenvalue weighted by Gasteiger charge is -2.18. The summed E-state index contributed by atoms with van der Waals surface area (Å²) in [5.74, 6) is -1.46. The van der Waals surface area contributed by atoms with Crippen LogP contribution in [0.15, 0.2) is 24.3 Å². The van der Waals surface area contributed by atoms with E-state index in [0.29, 0.717) is 22.9 Å². The van der Waals surface area contributed by atoms with Gasteiger partial charge in [0.2, 0.25) is 5.91 Å². The molecule has 1 aromatic carbocycles. The monoisotopic (exact) mass is 411 g/mol. The van der Waals surface area contributed by atoms with Gasteiger partial charge in [0.1, 0.15) is 17.8 Å². The van der Waals surface area contributed by atoms with Crippen molar-refractivity contribution < 1.29 is 19.5 Å². The second-order valence-electron chi connectivity index (χ2n) is 6.17. The molecule has 0 bridgehead atoms. The number of carboxylic acids is 1. The third-order valence-electron chi connectivity index (χ3n) is 4.20. The van der Waals surface area contributed by atoms with Crippen LogP contribution in [0.25, 0.3) is 10.9 Å². The average molecular weight is 412 g/mol. The van der Waals surface area contributed by atoms with Crippen LogP contribution in [0, 0.1) is 0 Å². The van der Waals surface area contributed by atoms with Gasteiger partial charge in [0, 0.05) is 23.0 Å². The summed E-state index contributed by atoms with van der Waals surface area (Å²) in [6.07, 6.45) is 2.17. The van der Waals surface area contributed by atoms with E-state index >= 15 is 0 Å². The number of aryl methyl sites for hydroxylation is 1. The Bertz CT molecular complexity index is 868. The standard InChI is InChI=1S/C18H22ClN3O4S/c1-10(16(23)21-13(18(25)26)6-7-27-3)20-17(24)15-9-11-8-12(19)4-5-14(11)22(15)2/h4-5,8-10,13H,6-7H2,1-3H3,(H,20,24)(H,21,23)(H,25,26)/t10-,13-/m0/s1. The number of hydrogen-bond donors (Lipinski definition) is 3. The van der Waals surface area contributed by atoms with Crippen LogP contribution in [-0.2, 0) is 16.6 Å². The molecule has 2 rings (SSSR count). The summed E-state index contributed by atoms with van der Waals surface area (Å²) in [7, 11) is 1.75. The number of carbonyl (C=O) groups is 3. The van der Waals surface area contributed by atoms with Crippen LogP contribution in [0.3, 0.4) is 0 Å². The summed E-state index contributed by atoms with van der Waals surface area (Å²) in [5.41, 5.74) is 1.22. The summed E-state index contributed by atoms with van der Waals surface area (Å²) in [4.78, 5) is 36.1. The number of aromatic nitrogens is 1. The number of fused-ring (bicyclic) bond motifs is 1. The molecule has 0 unspecified atom stereocenters. The maximum atomic E-state index is 12.6. The summed E-state index contributed by atoms with van der Waals surface area (Å²) >= 11 is 7.48. The molecule has 3 N–H and O–H groups in total. The lowest BCUT2D eigenvalue weighted by Crippen LogP contribution is -2.50. The van der Waals surface area contributed by atoms with E-state index in [4.69, 9.17) is 11.6 Å². The Hall–Kier alpha value is -2.19. The SMILES string of the molecule is CSCC[C@H](NC(=O)[C@H](C)NC(=O)c1cc2cc(Cl)ccc2n1C)C(=O)O. The third kappa shape index (κ3) is 5.17. The van der Waals surface area contributed by atoms with Crippen LogP contribution in [0.5, 0.6) is 0 Å². The van der Waals surface area contributed by atoms with Gasteiger partial charge >= 0.3 is 5.97 Å². The van der Waals surface area contributed by atoms with Gasteiger partial charge in [0.15, 0.2) is 0 Å². The van der Waals surface area contributed by atoms with E-state index in [1.54, 1.807) is 29.8 Å². The van der Waals surface area contributed by atoms with Crippen molar-refractivity contribution in [1.82, 2.24) is 15.2 Å². The highest BCUT2D eigenvalue weighted by atomic mass is 35.5. The molecule has 0 aliphatic rings. The van der Waals surface area contributed by atoms with Crippen molar-refractivity contribution in [2.24, 2.45) is 7.05 Å². The first-order chi connectivity index (χ1) is 12.7. The van der Waals surface area contributed by atoms with Crippen LogP contribution < -0.4 is 10.6 Å². The third-order valence-corrected chi connectivity index (χ3v) is 5.08. The Labute approximate surface area is 166 Å². The van der Waals surface area contributed by atoms with Crippen LogP contribution in [0.4, 0.5) is 0 Å². The lowest BCUT2D eigenvalue weighted by molar-refractivity contribution is -0.142. The number of carboxylic acid groups (broad SMARTS) is 1. The van der Waals surface area contributed by atoms with Crippen molar-refractivity contribution in [1.29, 1.82) is 0 Å². The van der Waals surface area contributed by atoms with Crippen molar-refractivity contribution in [3.05, 3.63) is 35.0 Å². The van der Waals surface area contributed by atoms with Crippen molar-refractivity contribution in [2.75, 3.05) is 12.0 Å². The number of benzene rings is 1. The minimum Gasteiger partial charge on any atom is -0.480 e. The lowest BCUT2D eigenvalue weighted by atomic mass is 10.2. The first kappa shape index (κ1) is 21.1. The first-order valence-corrected chi connectivity index (χ1v) is 10.1. The molecule has 146 valence electrons. The van der Waals surface area contributed by atoms with Gasteiger partial charge in [-0.15, -0.1) is 0 Å². The van der Waals surface area contributed by atoms with Gasteiger partial charge in [-0.2, -0.15) is 11.8 Å². The molecule has 27 heavy (non-hydrogen) atoms. The smallest absolute Gasteiger partial charge is 0.326 e. The number of nitrogens with zero attached hydrogens (tertiary/aromatic N) is 1. The molecular weight excluding hydrogens is 390 g/mol. The molecule has 1 aromatic heterocycles. The van der Waals surface area contributed by atoms with Crippen molar-refractivity contribution in [2.45, 2.75) is 25.4 Å². The van der Waals surface area contributed by atoms with E-state index in [2.05, 4.69) is 10.6 Å². The maximum absolute atomic E-state index is 12.6. The van der Waals surface area contributed by atoms with Crippen LogP contribution in [0.1, 0.15) is 23.8 Å². The number of carbonyl (C=O) groups excluding carboxylic acids is 2. The molecule has 0 saturated carbocycles. The Morgan fingerprint density at radius 2 is 1.96 bits per heavy atom. The van der Waals surface area contributed by atoms with Gasteiger partial charge < -0.3 is 20.3 Å². The van der Waals surface area contributed by atoms with E-state index in [9.17, 15) is 19.5 Å². The zero-order valence-electron chi connectivity index (χ0n) is 15.3. The molecule has 0 aliphatic heterocycles. The van der Waals surface area contributed by atoms with E-state index in [-0.39, 0.29) is 0 Å². The highest BCUT2D eigenvalue weighted by Crippen LogP contribution is 2.22. The van der Waals surface area contributed by atoms with E-state index in [1.807, 2.05) is 12.3 Å². The second kappa shape index (κ2) is 9.14. The highest BCUT2D eigenvalue weighted by Gasteiger charge is 2.24. The van der Waals surface area contributed by atoms with Gasteiger partial charge in [-0.3, -0.25) is 9.59 Å². The summed E-state index contributed by atoms with van der Waals surface area (Å²) < 4.78 is 1.71. The van der Waals surface area contributed by atoms with Gasteiger partial charge in [-0.05, 0) is 49.6 Å². The number of nitrogens with one attached hydrogen (secondary N) is 2. The molecular formula is C18H22ClN3O4S. The minimum atomic E-state index is -1.10. The van der Waals surface area contributed by atoms with E-state index < -0.39 is 29.9 Å². The molecule has 2 atom stereocenters. The van der Waals surface area contributed by atoms with Crippen molar-refractivity contribution in [3.8, 4) is 0 Å². The molecule has 7 nitrogen and oxygen atoms in total. The first-order valence-electron chi connectivity index (χ1n) is 8.32. The number of aliphatic carboxylic acids is 1. The topological polar surface area (TPSA) is 100 Å². The van der Waals surface area contributed by atoms with Crippen molar-refractivity contribution in [3.63, 3.8) is 0 Å². The van der Waals surface area contributed by atoms with Gasteiger partial charge in [-0.25, -0.2) is 4.79 Å². The van der Waals surface area contributed by atoms with Gasteiger partial charge in [0.05, 0.1) is 0 Å². The number of amides is 2. The predicted molar refractivity (Wildman–Crippen MR) is 107 cm³/mol. The Morgan fingerprint density at radius 3 is 2.59 bits per heavy atom. The second-order valence-corrected chi connectivity index (χ2v) is 7.59. The predicted octanol–water partition coefficient (Wildman–Crippen LogP) is 2.27. The van der Waals surface area contributed by atoms with E-state index in [0.717, 1.165) is 10.9 Å². The molecule has 0 spiro atoms. The van der Waals surface area contributed by atoms with Gasteiger partial charge in [0.25, 0.3) is 5.91 Å². The number of rotatable bonds is 8. The van der Waals surface area contributed by atoms with Crippen molar-refractivity contribution >= 4 is 52.0 Å². The summed E-state index contributed by atoms with van der Waals surface area (Å²) in [6, 6.07) is 5.14. The molecule has 0 fully saturated rings. The van der Waals surface area contributed by atoms with E-state index in [1.165, 1.54) is 18.7 Å². The molecule has 9 heteroatoms. The maximum Gasteiger partial charge on any atom is 0.326 e. The number of thioether (sulfide) groups is 1. The van der Waals surface area contributed by atoms with Crippen LogP contribution in [-0.4, -0.2) is 51.5 Å². The summed E-state index contributed by atoms with van der Waals surface area (Å²) in [6.45, 7) is 1.51. The molecule has 0 radical (unpaired) electrons. The molecule has 2 amide bonds. The normalized spacial score (nSPS) is 13.2. The van der Waals surface area contributed by atoms with Crippen LogP contribution >= 0.6 is 23.4 Å². The molecule has 0 aliphatic carbocycles. The van der Waals surface area contributed by atoms with Crippen LogP contribution in [0.2, 0.25) is 5.02 Å². The van der Waals surface area contributed by atoms with Gasteiger partial charge in [-0.1, -0.05) is 11.6 Å². The number of hydrogen-bond acceptors (Lipinski definition) is 4. The fourth-order valence-electron chi connectivity index (χ4n) is 2.66. The Morgan fingerprint density at radius 1 is 1.26 bits per heavy atom. The summed E-state index contributed by atoms with van der Waals surface area (Å²) in [5, 5.41) is 15.7. The Balaban J connectivity index is 2.07. The average Bonchev–Trinajstić information content (AvgIpc) is 2.94. The largest absolute Gasteiger partial charge is 0.480 e. The fourth-order valence-corrected chi connectivity index (χ4v) is 3.32. The quantitative estimate of drug-likeness (QED) is 0.618. The Kier molecular flexibility index (Phi) is 7.15. The number of halogens is 1. The minimum absolute atomic E-state index is 0.312. The zero-order chi connectivity index (χ0) is 20.1. The molecule has 0 saturated heterocycles. The molecule has 2 aromatic rings. The fraction of sp³-hybridized carbons (Fsp3) is 0.389. The highest BCUT2D eigenvalue weighted by molar-refractivity contribution is 7.98. The zero-order valence-corrected chi connectivity index (χ0v) is 16.9. The molecule has 1 heterocycles.